The van der Waals surface area contributed by atoms with E-state index in [0.29, 0.717) is 12.1 Å². The van der Waals surface area contributed by atoms with Gasteiger partial charge in [0.2, 0.25) is 0 Å². The lowest BCUT2D eigenvalue weighted by atomic mass is 9.93. The van der Waals surface area contributed by atoms with Crippen molar-refractivity contribution in [3.8, 4) is 5.75 Å². The summed E-state index contributed by atoms with van der Waals surface area (Å²) in [6, 6.07) is 7.89. The molecular weight excluding hydrogens is 328 g/mol. The Labute approximate surface area is 155 Å². The van der Waals surface area contributed by atoms with Crippen molar-refractivity contribution in [2.24, 2.45) is 5.92 Å². The summed E-state index contributed by atoms with van der Waals surface area (Å²) in [5, 5.41) is 7.56. The third kappa shape index (κ3) is 4.64. The monoisotopic (exact) mass is 356 g/mol. The molecule has 1 aromatic heterocycles. The van der Waals surface area contributed by atoms with E-state index >= 15 is 0 Å². The van der Waals surface area contributed by atoms with Gasteiger partial charge in [0.1, 0.15) is 5.75 Å². The maximum atomic E-state index is 12.7. The molecule has 0 unspecified atom stereocenters. The Balaban J connectivity index is 1.54. The Morgan fingerprint density at radius 3 is 2.65 bits per heavy atom. The number of piperidine rings is 1. The number of hydrogen-bond acceptors (Lipinski definition) is 4. The maximum Gasteiger partial charge on any atom is 0.257 e. The van der Waals surface area contributed by atoms with Gasteiger partial charge in [0.15, 0.2) is 0 Å². The number of carbonyl (C=O) groups is 1. The number of rotatable bonds is 7. The molecule has 0 spiro atoms. The number of aromatic nitrogens is 2. The van der Waals surface area contributed by atoms with Crippen LogP contribution in [0.3, 0.4) is 0 Å². The number of carbonyl (C=O) groups excluding carboxylic acids is 1. The summed E-state index contributed by atoms with van der Waals surface area (Å²) in [5.74, 6) is 1.66. The summed E-state index contributed by atoms with van der Waals surface area (Å²) in [4.78, 5) is 14.7. The molecule has 1 aromatic carbocycles. The van der Waals surface area contributed by atoms with Gasteiger partial charge in [-0.15, -0.1) is 0 Å². The molecule has 1 fully saturated rings. The van der Waals surface area contributed by atoms with Gasteiger partial charge >= 0.3 is 0 Å². The number of benzene rings is 1. The molecule has 6 heteroatoms. The fourth-order valence-electron chi connectivity index (χ4n) is 3.43. The normalized spacial score (nSPS) is 15.2. The molecule has 26 heavy (non-hydrogen) atoms. The zero-order chi connectivity index (χ0) is 18.4. The number of likely N-dealkylation sites (tertiary alicyclic amines) is 1. The fourth-order valence-corrected chi connectivity index (χ4v) is 3.43. The van der Waals surface area contributed by atoms with Crippen LogP contribution in [0.25, 0.3) is 0 Å². The van der Waals surface area contributed by atoms with Crippen molar-refractivity contribution in [3.63, 3.8) is 0 Å². The van der Waals surface area contributed by atoms with Crippen molar-refractivity contribution in [1.29, 1.82) is 0 Å². The molecular formula is C20H28N4O2. The lowest BCUT2D eigenvalue weighted by Crippen LogP contribution is -2.38. The van der Waals surface area contributed by atoms with Gasteiger partial charge in [-0.2, -0.15) is 5.10 Å². The lowest BCUT2D eigenvalue weighted by molar-refractivity contribution is 0.0687. The number of nitrogens with zero attached hydrogens (tertiary/aromatic N) is 3. The largest absolute Gasteiger partial charge is 0.497 e. The predicted octanol–water partition coefficient (Wildman–Crippen LogP) is 2.40. The minimum Gasteiger partial charge on any atom is -0.497 e. The van der Waals surface area contributed by atoms with Gasteiger partial charge in [0.05, 0.1) is 25.4 Å². The van der Waals surface area contributed by atoms with Crippen LogP contribution >= 0.6 is 0 Å². The molecule has 0 bridgehead atoms. The first-order valence-electron chi connectivity index (χ1n) is 9.29. The third-order valence-electron chi connectivity index (χ3n) is 5.09. The number of amides is 1. The molecule has 1 aliphatic heterocycles. The van der Waals surface area contributed by atoms with Crippen molar-refractivity contribution in [2.75, 3.05) is 33.8 Å². The van der Waals surface area contributed by atoms with Crippen LogP contribution in [-0.4, -0.2) is 54.4 Å². The summed E-state index contributed by atoms with van der Waals surface area (Å²) in [5.41, 5.74) is 1.80. The van der Waals surface area contributed by atoms with Crippen molar-refractivity contribution < 1.29 is 9.53 Å². The number of hydrogen-bond donors (Lipinski definition) is 1. The highest BCUT2D eigenvalue weighted by Crippen LogP contribution is 2.21. The molecule has 1 N–H and O–H groups in total. The average molecular weight is 356 g/mol. The number of methoxy groups -OCH3 is 1. The summed E-state index contributed by atoms with van der Waals surface area (Å²) < 4.78 is 6.99. The van der Waals surface area contributed by atoms with E-state index in [0.717, 1.165) is 49.7 Å². The number of nitrogens with one attached hydrogen (secondary N) is 1. The van der Waals surface area contributed by atoms with Crippen LogP contribution in [0.2, 0.25) is 0 Å². The minimum absolute atomic E-state index is 0.0954. The standard InChI is InChI=1S/C20H28N4O2/c1-21-10-7-16-8-11-23(12-9-16)20(25)18-13-22-24(15-18)14-17-3-5-19(26-2)6-4-17/h3-6,13,15-16,21H,7-12,14H2,1-2H3. The number of ether oxygens (including phenoxy) is 1. The van der Waals surface area contributed by atoms with Gasteiger partial charge in [0, 0.05) is 19.3 Å². The summed E-state index contributed by atoms with van der Waals surface area (Å²) in [6.45, 7) is 3.38. The lowest BCUT2D eigenvalue weighted by Gasteiger charge is -2.31. The van der Waals surface area contributed by atoms with Crippen LogP contribution in [-0.2, 0) is 6.54 Å². The van der Waals surface area contributed by atoms with Crippen molar-refractivity contribution in [3.05, 3.63) is 47.8 Å². The van der Waals surface area contributed by atoms with Crippen molar-refractivity contribution in [1.82, 2.24) is 20.0 Å². The zero-order valence-electron chi connectivity index (χ0n) is 15.6. The van der Waals surface area contributed by atoms with Gasteiger partial charge in [0.25, 0.3) is 5.91 Å². The highest BCUT2D eigenvalue weighted by molar-refractivity contribution is 5.93. The van der Waals surface area contributed by atoms with Gasteiger partial charge < -0.3 is 15.0 Å². The first kappa shape index (κ1) is 18.5. The quantitative estimate of drug-likeness (QED) is 0.828. The minimum atomic E-state index is 0.0954. The zero-order valence-corrected chi connectivity index (χ0v) is 15.6. The molecule has 1 aliphatic rings. The Morgan fingerprint density at radius 1 is 1.27 bits per heavy atom. The maximum absolute atomic E-state index is 12.7. The Kier molecular flexibility index (Phi) is 6.28. The molecule has 2 heterocycles. The second-order valence-electron chi connectivity index (χ2n) is 6.90. The van der Waals surface area contributed by atoms with Gasteiger partial charge in [-0.05, 0) is 56.5 Å². The Morgan fingerprint density at radius 2 is 2.00 bits per heavy atom. The first-order chi connectivity index (χ1) is 12.7. The van der Waals surface area contributed by atoms with Crippen LogP contribution in [0, 0.1) is 5.92 Å². The van der Waals surface area contributed by atoms with Crippen LogP contribution < -0.4 is 10.1 Å². The van der Waals surface area contributed by atoms with Crippen LogP contribution in [0.5, 0.6) is 5.75 Å². The molecule has 1 amide bonds. The molecule has 3 rings (SSSR count). The highest BCUT2D eigenvalue weighted by Gasteiger charge is 2.24. The van der Waals surface area contributed by atoms with Crippen molar-refractivity contribution >= 4 is 5.91 Å². The van der Waals surface area contributed by atoms with Crippen LogP contribution in [0.15, 0.2) is 36.7 Å². The third-order valence-corrected chi connectivity index (χ3v) is 5.09. The SMILES string of the molecule is CNCCC1CCN(C(=O)c2cnn(Cc3ccc(OC)cc3)c2)CC1. The molecule has 2 aromatic rings. The predicted molar refractivity (Wildman–Crippen MR) is 101 cm³/mol. The van der Waals surface area contributed by atoms with Gasteiger partial charge in [-0.25, -0.2) is 0 Å². The summed E-state index contributed by atoms with van der Waals surface area (Å²) in [6.07, 6.45) is 6.90. The smallest absolute Gasteiger partial charge is 0.257 e. The summed E-state index contributed by atoms with van der Waals surface area (Å²) in [7, 11) is 3.64. The van der Waals surface area contributed by atoms with E-state index in [4.69, 9.17) is 4.74 Å². The van der Waals surface area contributed by atoms with Gasteiger partial charge in [-0.1, -0.05) is 12.1 Å². The van der Waals surface area contributed by atoms with Crippen LogP contribution in [0.1, 0.15) is 35.2 Å². The fraction of sp³-hybridized carbons (Fsp3) is 0.500. The van der Waals surface area contributed by atoms with E-state index in [-0.39, 0.29) is 5.91 Å². The topological polar surface area (TPSA) is 59.4 Å². The second kappa shape index (κ2) is 8.85. The van der Waals surface area contributed by atoms with Gasteiger partial charge in [-0.3, -0.25) is 9.48 Å². The van der Waals surface area contributed by atoms with E-state index in [1.807, 2.05) is 47.1 Å². The van der Waals surface area contributed by atoms with E-state index in [9.17, 15) is 4.79 Å². The van der Waals surface area contributed by atoms with Crippen molar-refractivity contribution in [2.45, 2.75) is 25.8 Å². The highest BCUT2D eigenvalue weighted by atomic mass is 16.5. The summed E-state index contributed by atoms with van der Waals surface area (Å²) >= 11 is 0. The van der Waals surface area contributed by atoms with E-state index in [1.165, 1.54) is 6.42 Å². The van der Waals surface area contributed by atoms with Crippen LogP contribution in [0.4, 0.5) is 0 Å². The van der Waals surface area contributed by atoms with E-state index in [1.54, 1.807) is 13.3 Å². The first-order valence-corrected chi connectivity index (χ1v) is 9.29. The average Bonchev–Trinajstić information content (AvgIpc) is 3.15. The second-order valence-corrected chi connectivity index (χ2v) is 6.90. The molecule has 140 valence electrons. The molecule has 0 aliphatic carbocycles. The van der Waals surface area contributed by atoms with E-state index in [2.05, 4.69) is 10.4 Å². The molecule has 0 atom stereocenters. The Bertz CT molecular complexity index is 703. The molecule has 6 nitrogen and oxygen atoms in total. The van der Waals surface area contributed by atoms with E-state index < -0.39 is 0 Å². The Hall–Kier alpha value is -2.34. The molecule has 0 radical (unpaired) electrons. The molecule has 0 saturated carbocycles. The molecule has 1 saturated heterocycles.